The zero-order chi connectivity index (χ0) is 10.8. The molecule has 2 N–H and O–H groups in total. The van der Waals surface area contributed by atoms with E-state index in [1.807, 2.05) is 0 Å². The fraction of sp³-hybridized carbons (Fsp3) is 0. The minimum Gasteiger partial charge on any atom is -0.399 e. The first kappa shape index (κ1) is 9.58. The quantitative estimate of drug-likeness (QED) is 0.728. The average Bonchev–Trinajstić information content (AvgIpc) is 2.24. The van der Waals surface area contributed by atoms with E-state index >= 15 is 0 Å². The van der Waals surface area contributed by atoms with Crippen molar-refractivity contribution in [3.8, 4) is 11.3 Å². The fourth-order valence-corrected chi connectivity index (χ4v) is 1.32. The zero-order valence-electron chi connectivity index (χ0n) is 7.74. The molecule has 76 valence electrons. The van der Waals surface area contributed by atoms with Gasteiger partial charge in [0.05, 0.1) is 5.69 Å². The highest BCUT2D eigenvalue weighted by Crippen LogP contribution is 2.25. The number of hydrogen-bond acceptors (Lipinski definition) is 2. The summed E-state index contributed by atoms with van der Waals surface area (Å²) < 4.78 is 26.4. The molecule has 0 aliphatic carbocycles. The van der Waals surface area contributed by atoms with E-state index in [2.05, 4.69) is 4.98 Å². The van der Waals surface area contributed by atoms with Gasteiger partial charge in [-0.25, -0.2) is 8.78 Å². The Labute approximate surface area is 85.4 Å². The Morgan fingerprint density at radius 3 is 2.60 bits per heavy atom. The molecule has 0 fully saturated rings. The second-order valence-corrected chi connectivity index (χ2v) is 3.08. The van der Waals surface area contributed by atoms with Gasteiger partial charge in [-0.3, -0.25) is 4.98 Å². The number of rotatable bonds is 1. The van der Waals surface area contributed by atoms with Gasteiger partial charge in [-0.1, -0.05) is 6.07 Å². The number of nitrogen functional groups attached to an aromatic ring is 1. The van der Waals surface area contributed by atoms with Crippen LogP contribution in [0.3, 0.4) is 0 Å². The lowest BCUT2D eigenvalue weighted by atomic mass is 10.1. The van der Waals surface area contributed by atoms with E-state index in [0.717, 1.165) is 6.07 Å². The van der Waals surface area contributed by atoms with Crippen molar-refractivity contribution in [2.75, 3.05) is 5.73 Å². The maximum absolute atomic E-state index is 13.4. The molecule has 2 aromatic rings. The summed E-state index contributed by atoms with van der Waals surface area (Å²) in [6.45, 7) is 0. The van der Waals surface area contributed by atoms with Crippen molar-refractivity contribution in [1.29, 1.82) is 0 Å². The van der Waals surface area contributed by atoms with E-state index in [4.69, 9.17) is 5.73 Å². The van der Waals surface area contributed by atoms with Crippen molar-refractivity contribution in [3.05, 3.63) is 48.2 Å². The second kappa shape index (κ2) is 3.65. The molecule has 2 rings (SSSR count). The molecule has 0 atom stereocenters. The summed E-state index contributed by atoms with van der Waals surface area (Å²) in [5.74, 6) is -1.89. The molecule has 1 aromatic carbocycles. The number of hydrogen-bond donors (Lipinski definition) is 1. The molecule has 0 unspecified atom stereocenters. The first-order valence-electron chi connectivity index (χ1n) is 4.34. The SMILES string of the molecule is Nc1cc(F)c(F)c(-c2ccccn2)c1. The van der Waals surface area contributed by atoms with Crippen LogP contribution in [0.1, 0.15) is 0 Å². The predicted molar refractivity (Wildman–Crippen MR) is 54.0 cm³/mol. The number of aromatic nitrogens is 1. The highest BCUT2D eigenvalue weighted by Gasteiger charge is 2.11. The van der Waals surface area contributed by atoms with E-state index in [1.165, 1.54) is 12.3 Å². The Balaban J connectivity index is 2.63. The Hall–Kier alpha value is -1.97. The molecule has 1 heterocycles. The predicted octanol–water partition coefficient (Wildman–Crippen LogP) is 2.61. The van der Waals surface area contributed by atoms with Crippen LogP contribution in [-0.4, -0.2) is 4.98 Å². The number of nitrogens with two attached hydrogens (primary N) is 1. The summed E-state index contributed by atoms with van der Waals surface area (Å²) >= 11 is 0. The number of nitrogens with zero attached hydrogens (tertiary/aromatic N) is 1. The van der Waals surface area contributed by atoms with Crippen molar-refractivity contribution >= 4 is 5.69 Å². The minimum absolute atomic E-state index is 0.0769. The lowest BCUT2D eigenvalue weighted by Gasteiger charge is -2.04. The summed E-state index contributed by atoms with van der Waals surface area (Å²) in [5, 5.41) is 0. The Bertz CT molecular complexity index is 483. The van der Waals surface area contributed by atoms with E-state index < -0.39 is 11.6 Å². The van der Waals surface area contributed by atoms with Crippen LogP contribution in [0.25, 0.3) is 11.3 Å². The molecule has 2 nitrogen and oxygen atoms in total. The van der Waals surface area contributed by atoms with Crippen molar-refractivity contribution in [3.63, 3.8) is 0 Å². The van der Waals surface area contributed by atoms with Gasteiger partial charge >= 0.3 is 0 Å². The minimum atomic E-state index is -0.962. The molecule has 15 heavy (non-hydrogen) atoms. The average molecular weight is 206 g/mol. The van der Waals surface area contributed by atoms with E-state index in [-0.39, 0.29) is 11.3 Å². The molecule has 0 aliphatic heterocycles. The summed E-state index contributed by atoms with van der Waals surface area (Å²) in [4.78, 5) is 3.93. The van der Waals surface area contributed by atoms with Crippen LogP contribution in [0, 0.1) is 11.6 Å². The molecule has 0 bridgehead atoms. The van der Waals surface area contributed by atoms with Gasteiger partial charge in [-0.05, 0) is 24.3 Å². The van der Waals surface area contributed by atoms with Crippen LogP contribution in [0.5, 0.6) is 0 Å². The van der Waals surface area contributed by atoms with Gasteiger partial charge < -0.3 is 5.73 Å². The monoisotopic (exact) mass is 206 g/mol. The number of benzene rings is 1. The van der Waals surface area contributed by atoms with Gasteiger partial charge in [0.2, 0.25) is 0 Å². The highest BCUT2D eigenvalue weighted by atomic mass is 19.2. The number of anilines is 1. The van der Waals surface area contributed by atoms with Gasteiger partial charge in [0.25, 0.3) is 0 Å². The first-order chi connectivity index (χ1) is 7.18. The van der Waals surface area contributed by atoms with Crippen LogP contribution in [0.2, 0.25) is 0 Å². The van der Waals surface area contributed by atoms with E-state index in [0.29, 0.717) is 5.69 Å². The Morgan fingerprint density at radius 1 is 1.13 bits per heavy atom. The van der Waals surface area contributed by atoms with E-state index in [1.54, 1.807) is 18.2 Å². The topological polar surface area (TPSA) is 38.9 Å². The van der Waals surface area contributed by atoms with Gasteiger partial charge in [0.1, 0.15) is 0 Å². The van der Waals surface area contributed by atoms with Gasteiger partial charge in [-0.2, -0.15) is 0 Å². The van der Waals surface area contributed by atoms with Crippen molar-refractivity contribution < 1.29 is 8.78 Å². The third kappa shape index (κ3) is 1.79. The van der Waals surface area contributed by atoms with Gasteiger partial charge in [0.15, 0.2) is 11.6 Å². The number of pyridine rings is 1. The molecular formula is C11H8F2N2. The largest absolute Gasteiger partial charge is 0.399 e. The van der Waals surface area contributed by atoms with Crippen molar-refractivity contribution in [2.45, 2.75) is 0 Å². The summed E-state index contributed by atoms with van der Waals surface area (Å²) in [6.07, 6.45) is 1.51. The zero-order valence-corrected chi connectivity index (χ0v) is 7.74. The van der Waals surface area contributed by atoms with Gasteiger partial charge in [-0.15, -0.1) is 0 Å². The van der Waals surface area contributed by atoms with Crippen LogP contribution in [0.4, 0.5) is 14.5 Å². The van der Waals surface area contributed by atoms with Gasteiger partial charge in [0, 0.05) is 17.4 Å². The molecule has 1 aromatic heterocycles. The van der Waals surface area contributed by atoms with E-state index in [9.17, 15) is 8.78 Å². The highest BCUT2D eigenvalue weighted by molar-refractivity contribution is 5.64. The molecule has 0 saturated heterocycles. The third-order valence-corrected chi connectivity index (χ3v) is 1.99. The Kier molecular flexibility index (Phi) is 2.33. The number of halogens is 2. The molecule has 0 spiro atoms. The molecule has 0 radical (unpaired) electrons. The van der Waals surface area contributed by atoms with Crippen LogP contribution in [0.15, 0.2) is 36.5 Å². The maximum Gasteiger partial charge on any atom is 0.168 e. The molecular weight excluding hydrogens is 198 g/mol. The summed E-state index contributed by atoms with van der Waals surface area (Å²) in [5.41, 5.74) is 6.05. The normalized spacial score (nSPS) is 10.3. The maximum atomic E-state index is 13.4. The van der Waals surface area contributed by atoms with Crippen LogP contribution >= 0.6 is 0 Å². The third-order valence-electron chi connectivity index (χ3n) is 1.99. The Morgan fingerprint density at radius 2 is 1.93 bits per heavy atom. The lowest BCUT2D eigenvalue weighted by Crippen LogP contribution is -1.95. The molecule has 0 amide bonds. The van der Waals surface area contributed by atoms with Crippen LogP contribution < -0.4 is 5.73 Å². The molecule has 0 aliphatic rings. The lowest BCUT2D eigenvalue weighted by molar-refractivity contribution is 0.511. The smallest absolute Gasteiger partial charge is 0.168 e. The molecule has 0 saturated carbocycles. The van der Waals surface area contributed by atoms with Crippen molar-refractivity contribution in [1.82, 2.24) is 4.98 Å². The first-order valence-corrected chi connectivity index (χ1v) is 4.34. The fourth-order valence-electron chi connectivity index (χ4n) is 1.32. The molecule has 4 heteroatoms. The second-order valence-electron chi connectivity index (χ2n) is 3.08. The summed E-state index contributed by atoms with van der Waals surface area (Å²) in [6, 6.07) is 7.30. The van der Waals surface area contributed by atoms with Crippen LogP contribution in [-0.2, 0) is 0 Å². The summed E-state index contributed by atoms with van der Waals surface area (Å²) in [7, 11) is 0. The standard InChI is InChI=1S/C11H8F2N2/c12-9-6-7(14)5-8(11(9)13)10-3-1-2-4-15-10/h1-6H,14H2. The van der Waals surface area contributed by atoms with Crippen molar-refractivity contribution in [2.24, 2.45) is 0 Å².